The van der Waals surface area contributed by atoms with Crippen LogP contribution in [0.3, 0.4) is 0 Å². The zero-order chi connectivity index (χ0) is 62.1. The number of ether oxygens (including phenoxy) is 1. The summed E-state index contributed by atoms with van der Waals surface area (Å²) >= 11 is 1.47. The van der Waals surface area contributed by atoms with Gasteiger partial charge in [-0.05, 0) is 42.9 Å². The van der Waals surface area contributed by atoms with Gasteiger partial charge < -0.3 is 67.2 Å². The number of rotatable bonds is 15. The molecule has 0 radical (unpaired) electrons. The van der Waals surface area contributed by atoms with Gasteiger partial charge in [0.1, 0.15) is 28.9 Å². The van der Waals surface area contributed by atoms with Crippen LogP contribution in [0.5, 0.6) is 5.75 Å². The van der Waals surface area contributed by atoms with Crippen molar-refractivity contribution in [1.82, 2.24) is 46.3 Å². The van der Waals surface area contributed by atoms with Crippen molar-refractivity contribution in [2.45, 2.75) is 144 Å². The average Bonchev–Trinajstić information content (AvgIpc) is 2.84. The number of aliphatic hydroxyl groups is 3. The van der Waals surface area contributed by atoms with Gasteiger partial charge in [-0.15, -0.1) is 0 Å². The van der Waals surface area contributed by atoms with Gasteiger partial charge in [-0.2, -0.15) is 11.8 Å². The number of benzene rings is 1. The van der Waals surface area contributed by atoms with Crippen molar-refractivity contribution in [2.24, 2.45) is 35.3 Å². The van der Waals surface area contributed by atoms with Crippen LogP contribution in [0.4, 0.5) is 0 Å². The molecule has 1 aromatic carbocycles. The number of thioether (sulfide) groups is 1. The molecule has 2 bridgehead atoms. The summed E-state index contributed by atoms with van der Waals surface area (Å²) in [6.45, 7) is 4.60. The molecule has 5 aliphatic rings. The lowest BCUT2D eigenvalue weighted by molar-refractivity contribution is -0.144. The van der Waals surface area contributed by atoms with Crippen molar-refractivity contribution in [3.8, 4) is 5.75 Å². The number of amides is 10. The van der Waals surface area contributed by atoms with Crippen LogP contribution in [0.15, 0.2) is 17.2 Å². The lowest BCUT2D eigenvalue weighted by Crippen LogP contribution is -2.60. The van der Waals surface area contributed by atoms with Crippen LogP contribution in [-0.4, -0.2) is 210 Å². The van der Waals surface area contributed by atoms with Gasteiger partial charge >= 0.3 is 0 Å². The normalized spacial score (nSPS) is 28.3. The second-order valence-electron chi connectivity index (χ2n) is 22.7. The lowest BCUT2D eigenvalue weighted by Gasteiger charge is -2.32. The highest BCUT2D eigenvalue weighted by Crippen LogP contribution is 2.39. The number of aliphatic hydroxyl groups excluding tert-OH is 3. The van der Waals surface area contributed by atoms with E-state index in [1.807, 2.05) is 6.92 Å². The number of aromatic amines is 1. The quantitative estimate of drug-likeness (QED) is 0.0829. The highest BCUT2D eigenvalue weighted by molar-refractivity contribution is 7.99. The van der Waals surface area contributed by atoms with E-state index in [0.29, 0.717) is 54.6 Å². The van der Waals surface area contributed by atoms with E-state index in [0.717, 1.165) is 9.80 Å². The number of hydrogen-bond acceptors (Lipinski definition) is 18. The third kappa shape index (κ3) is 15.6. The van der Waals surface area contributed by atoms with E-state index in [-0.39, 0.29) is 58.7 Å². The topological polar surface area (TPSA) is 404 Å². The molecule has 2 aromatic rings. The molecule has 0 saturated carbocycles. The summed E-state index contributed by atoms with van der Waals surface area (Å²) in [5.41, 5.74) is 6.63. The molecular weight excluding hydrogens is 1150 g/mol. The van der Waals surface area contributed by atoms with Crippen molar-refractivity contribution in [1.29, 1.82) is 0 Å². The van der Waals surface area contributed by atoms with E-state index < -0.39 is 194 Å². The molecule has 3 fully saturated rings. The van der Waals surface area contributed by atoms with Crippen molar-refractivity contribution in [3.05, 3.63) is 23.3 Å². The number of primary amides is 1. The van der Waals surface area contributed by atoms with Crippen LogP contribution in [0.1, 0.15) is 96.6 Å². The van der Waals surface area contributed by atoms with Crippen molar-refractivity contribution >= 4 is 104 Å². The number of fused-ring (bicyclic) bond motifs is 5. The molecule has 3 saturated heterocycles. The molecule has 11 N–H and O–H groups in total. The number of nitrogens with two attached hydrogens (primary N) is 1. The minimum absolute atomic E-state index is 0.0213. The Bertz CT molecular complexity index is 2980. The molecule has 1 aromatic heterocycles. The summed E-state index contributed by atoms with van der Waals surface area (Å²) in [7, 11) is -1.01. The molecule has 27 nitrogen and oxygen atoms in total. The minimum Gasteiger partial charge on any atom is -0.496 e. The molecule has 466 valence electrons. The molecule has 10 amide bonds. The first-order valence-corrected chi connectivity index (χ1v) is 31.1. The third-order valence-corrected chi connectivity index (χ3v) is 19.7. The molecule has 0 spiro atoms. The maximum Gasteiger partial charge on any atom is 0.246 e. The van der Waals surface area contributed by atoms with Crippen molar-refractivity contribution in [3.63, 3.8) is 0 Å². The van der Waals surface area contributed by atoms with Gasteiger partial charge in [0.15, 0.2) is 11.6 Å². The van der Waals surface area contributed by atoms with E-state index in [1.165, 1.54) is 25.8 Å². The zero-order valence-electron chi connectivity index (χ0n) is 48.3. The fourth-order valence-electron chi connectivity index (χ4n) is 11.7. The SMILES string of the molecule is CCC1CC(=O)N(CCC(=O)N2CC[C@@H](SCc3c(OC)ccc4c5c([nH]c34)S(=O)C[C@@H]3NC(=O)CNC(=O)[C@H]([C@@H](C)CC)CC(=O)CNC(=O)[C@@H](CC(=O)[C@H]([C@@H](C)[C@@H](O)CO)NC(=O)[C@@H]4C[C@@H](O)CN4C(=O)[C@H](CC(N)=O)NC3=O)C5)C2)C1=O. The van der Waals surface area contributed by atoms with E-state index in [4.69, 9.17) is 10.5 Å². The largest absolute Gasteiger partial charge is 0.496 e. The van der Waals surface area contributed by atoms with Gasteiger partial charge in [0.2, 0.25) is 59.1 Å². The third-order valence-electron chi connectivity index (χ3n) is 17.0. The Balaban J connectivity index is 1.34. The van der Waals surface area contributed by atoms with Crippen LogP contribution >= 0.6 is 11.8 Å². The molecule has 6 heterocycles. The number of Topliss-reactive ketones (excluding diaryl/α,β-unsaturated/α-hetero) is 2. The number of methoxy groups -OCH3 is 1. The molecule has 5 aliphatic heterocycles. The minimum atomic E-state index is -2.44. The summed E-state index contributed by atoms with van der Waals surface area (Å²) in [5.74, 6) is -14.1. The molecule has 2 unspecified atom stereocenters. The second kappa shape index (κ2) is 29.0. The number of carbonyl (C=O) groups is 12. The molecular formula is C56H78N10O17S2. The van der Waals surface area contributed by atoms with Gasteiger partial charge in [-0.3, -0.25) is 66.6 Å². The predicted octanol–water partition coefficient (Wildman–Crippen LogP) is -2.43. The fourth-order valence-corrected chi connectivity index (χ4v) is 14.3. The molecule has 29 heteroatoms. The Morgan fingerprint density at radius 2 is 1.62 bits per heavy atom. The summed E-state index contributed by atoms with van der Waals surface area (Å²) in [5, 5.41) is 44.7. The number of nitrogens with zero attached hydrogens (tertiary/aromatic N) is 3. The number of likely N-dealkylation sites (tertiary alicyclic amines) is 2. The standard InChI is InChI=1S/C56H78N10O17S2/c1-6-27(3)35-17-31(68)20-58-50(76)30-14-36-34-8-9-43(83-5)37(25-84-33-10-12-64(23-33)46(74)11-13-65-47(75)16-29(7-2)55(65)80)49(34)63-54(36)85(82)26-39(60-45(73)21-59-51(35)77)52(78)61-38(19-44(57)72)56(81)66-22-32(69)18-40(66)53(79)62-48(41(70)15-30)28(4)42(71)24-67/h8-9,27-30,32-33,35,38-40,42,48,63,67,69,71H,6-7,10-26H2,1-5H3,(H2,57,72)(H,58,76)(H,59,77)(H,60,73)(H,61,78)(H,62,79)/t27-,28-,29?,30+,32+,33+,35-,38-,39-,40-,42-,48-,85?/m0/s1. The van der Waals surface area contributed by atoms with Gasteiger partial charge in [0.25, 0.3) is 0 Å². The fraction of sp³-hybridized carbons (Fsp3) is 0.643. The smallest absolute Gasteiger partial charge is 0.246 e. The van der Waals surface area contributed by atoms with Crippen molar-refractivity contribution < 1.29 is 81.8 Å². The van der Waals surface area contributed by atoms with Gasteiger partial charge in [0.05, 0.1) is 73.5 Å². The van der Waals surface area contributed by atoms with Gasteiger partial charge in [-0.1, -0.05) is 34.1 Å². The Morgan fingerprint density at radius 1 is 0.894 bits per heavy atom. The van der Waals surface area contributed by atoms with E-state index in [9.17, 15) is 68.1 Å². The molecule has 85 heavy (non-hydrogen) atoms. The Kier molecular flexibility index (Phi) is 22.5. The van der Waals surface area contributed by atoms with Crippen molar-refractivity contribution in [2.75, 3.05) is 58.7 Å². The van der Waals surface area contributed by atoms with Gasteiger partial charge in [0, 0.05) is 104 Å². The Labute approximate surface area is 497 Å². The maximum atomic E-state index is 15.4. The lowest BCUT2D eigenvalue weighted by atomic mass is 9.85. The van der Waals surface area contributed by atoms with Crippen LogP contribution in [0, 0.1) is 29.6 Å². The second-order valence-corrected chi connectivity index (χ2v) is 25.4. The van der Waals surface area contributed by atoms with Crippen LogP contribution in [0.2, 0.25) is 0 Å². The number of ketones is 2. The van der Waals surface area contributed by atoms with Gasteiger partial charge in [-0.25, -0.2) is 0 Å². The van der Waals surface area contributed by atoms with E-state index in [1.54, 1.807) is 30.9 Å². The highest BCUT2D eigenvalue weighted by Gasteiger charge is 2.46. The van der Waals surface area contributed by atoms with Crippen LogP contribution in [-0.2, 0) is 80.5 Å². The number of hydrogen-bond donors (Lipinski definition) is 10. The average molecular weight is 1230 g/mol. The first-order valence-electron chi connectivity index (χ1n) is 28.8. The summed E-state index contributed by atoms with van der Waals surface area (Å²) in [6.07, 6.45) is -4.28. The highest BCUT2D eigenvalue weighted by atomic mass is 32.2. The number of H-pyrrole nitrogens is 1. The maximum absolute atomic E-state index is 15.4. The number of nitrogens with one attached hydrogen (secondary N) is 6. The summed E-state index contributed by atoms with van der Waals surface area (Å²) in [6, 6.07) is -3.74. The zero-order valence-corrected chi connectivity index (χ0v) is 49.9. The molecule has 0 aliphatic carbocycles. The first kappa shape index (κ1) is 65.7. The van der Waals surface area contributed by atoms with E-state index in [2.05, 4.69) is 31.6 Å². The summed E-state index contributed by atoms with van der Waals surface area (Å²) in [4.78, 5) is 173. The van der Waals surface area contributed by atoms with Crippen LogP contribution < -0.4 is 37.1 Å². The number of imide groups is 1. The monoisotopic (exact) mass is 1230 g/mol. The number of carbonyl (C=O) groups excluding carboxylic acids is 12. The number of aromatic nitrogens is 1. The first-order chi connectivity index (χ1) is 40.4. The Morgan fingerprint density at radius 3 is 2.29 bits per heavy atom. The molecule has 13 atom stereocenters. The summed E-state index contributed by atoms with van der Waals surface area (Å²) < 4.78 is 21.3. The predicted molar refractivity (Wildman–Crippen MR) is 306 cm³/mol. The Hall–Kier alpha value is -6.82. The molecule has 7 rings (SSSR count). The van der Waals surface area contributed by atoms with E-state index >= 15 is 9.00 Å². The van der Waals surface area contributed by atoms with Crippen LogP contribution in [0.25, 0.3) is 10.9 Å².